The Kier molecular flexibility index (Phi) is 4.22. The molecule has 2 rings (SSSR count). The van der Waals surface area contributed by atoms with Gasteiger partial charge < -0.3 is 14.6 Å². The summed E-state index contributed by atoms with van der Waals surface area (Å²) in [6.45, 7) is 5.25. The second-order valence-corrected chi connectivity index (χ2v) is 4.67. The molecule has 0 unspecified atom stereocenters. The van der Waals surface area contributed by atoms with Crippen molar-refractivity contribution < 1.29 is 19.2 Å². The topological polar surface area (TPSA) is 80.8 Å². The van der Waals surface area contributed by atoms with Crippen LogP contribution in [0.25, 0.3) is 0 Å². The molecule has 0 amide bonds. The zero-order chi connectivity index (χ0) is 14.7. The number of fused-ring (bicyclic) bond motifs is 1. The molecule has 1 aliphatic rings. The van der Waals surface area contributed by atoms with Gasteiger partial charge in [0.05, 0.1) is 12.3 Å². The molecule has 0 aliphatic heterocycles. The largest absolute Gasteiger partial charge is 0.461 e. The molecule has 0 saturated carbocycles. The highest BCUT2D eigenvalue weighted by Crippen LogP contribution is 2.27. The van der Waals surface area contributed by atoms with Gasteiger partial charge in [0, 0.05) is 18.2 Å². The number of hydrogen-bond acceptors (Lipinski definition) is 5. The lowest BCUT2D eigenvalue weighted by Crippen LogP contribution is -2.13. The zero-order valence-corrected chi connectivity index (χ0v) is 11.9. The fourth-order valence-corrected chi connectivity index (χ4v) is 2.41. The van der Waals surface area contributed by atoms with E-state index in [0.717, 1.165) is 36.1 Å². The van der Waals surface area contributed by atoms with Crippen LogP contribution < -0.4 is 0 Å². The van der Waals surface area contributed by atoms with Crippen LogP contribution in [0.15, 0.2) is 5.16 Å². The highest BCUT2D eigenvalue weighted by Gasteiger charge is 2.26. The van der Waals surface area contributed by atoms with E-state index < -0.39 is 5.97 Å². The van der Waals surface area contributed by atoms with Gasteiger partial charge in [-0.1, -0.05) is 5.16 Å². The molecule has 0 spiro atoms. The van der Waals surface area contributed by atoms with Gasteiger partial charge in [-0.2, -0.15) is 0 Å². The number of H-pyrrole nitrogens is 1. The summed E-state index contributed by atoms with van der Waals surface area (Å²) in [7, 11) is 0. The van der Waals surface area contributed by atoms with Crippen molar-refractivity contribution in [3.8, 4) is 0 Å². The maximum Gasteiger partial charge on any atom is 0.355 e. The van der Waals surface area contributed by atoms with Gasteiger partial charge in [-0.25, -0.2) is 9.59 Å². The normalized spacial score (nSPS) is 15.8. The van der Waals surface area contributed by atoms with Gasteiger partial charge in [0.15, 0.2) is 0 Å². The monoisotopic (exact) mass is 278 g/mol. The summed E-state index contributed by atoms with van der Waals surface area (Å²) in [4.78, 5) is 30.6. The van der Waals surface area contributed by atoms with E-state index in [0.29, 0.717) is 18.0 Å². The van der Waals surface area contributed by atoms with Crippen LogP contribution in [-0.4, -0.2) is 29.2 Å². The standard InChI is InChI=1S/C14H18N2O4/c1-4-19-14(18)13-8(2)12-10(15-13)6-5-7-11(12)16-20-9(3)17/h15H,4-7H2,1-3H3/b16-11+. The average Bonchev–Trinajstić information content (AvgIpc) is 2.75. The lowest BCUT2D eigenvalue weighted by molar-refractivity contribution is -0.140. The van der Waals surface area contributed by atoms with Crippen LogP contribution in [0.1, 0.15) is 54.0 Å². The molecule has 108 valence electrons. The third kappa shape index (κ3) is 2.74. The molecule has 1 aromatic rings. The Morgan fingerprint density at radius 2 is 2.10 bits per heavy atom. The first-order valence-electron chi connectivity index (χ1n) is 6.68. The second-order valence-electron chi connectivity index (χ2n) is 4.67. The van der Waals surface area contributed by atoms with Crippen LogP contribution in [0, 0.1) is 6.92 Å². The molecule has 20 heavy (non-hydrogen) atoms. The molecule has 1 heterocycles. The Bertz CT molecular complexity index is 572. The predicted molar refractivity (Wildman–Crippen MR) is 72.7 cm³/mol. The van der Waals surface area contributed by atoms with Crippen molar-refractivity contribution in [2.24, 2.45) is 5.16 Å². The Hall–Kier alpha value is -2.11. The number of aromatic amines is 1. The van der Waals surface area contributed by atoms with Crippen LogP contribution in [0.4, 0.5) is 0 Å². The summed E-state index contributed by atoms with van der Waals surface area (Å²) >= 11 is 0. The van der Waals surface area contributed by atoms with Gasteiger partial charge in [-0.3, -0.25) is 0 Å². The zero-order valence-electron chi connectivity index (χ0n) is 11.9. The van der Waals surface area contributed by atoms with Gasteiger partial charge in [0.25, 0.3) is 0 Å². The molecular formula is C14H18N2O4. The number of nitrogens with zero attached hydrogens (tertiary/aromatic N) is 1. The first kappa shape index (κ1) is 14.3. The number of ether oxygens (including phenoxy) is 1. The van der Waals surface area contributed by atoms with Crippen molar-refractivity contribution >= 4 is 17.7 Å². The maximum absolute atomic E-state index is 11.9. The first-order valence-corrected chi connectivity index (χ1v) is 6.68. The van der Waals surface area contributed by atoms with Crippen molar-refractivity contribution in [2.45, 2.75) is 40.0 Å². The van der Waals surface area contributed by atoms with E-state index in [2.05, 4.69) is 10.1 Å². The number of nitrogens with one attached hydrogen (secondary N) is 1. The number of aromatic nitrogens is 1. The molecule has 0 fully saturated rings. The molecule has 0 aromatic carbocycles. The number of carbonyl (C=O) groups excluding carboxylic acids is 2. The van der Waals surface area contributed by atoms with Gasteiger partial charge >= 0.3 is 11.9 Å². The Morgan fingerprint density at radius 1 is 1.35 bits per heavy atom. The number of oxime groups is 1. The van der Waals surface area contributed by atoms with E-state index in [1.807, 2.05) is 6.92 Å². The van der Waals surface area contributed by atoms with E-state index in [4.69, 9.17) is 9.57 Å². The Balaban J connectivity index is 2.39. The first-order chi connectivity index (χ1) is 9.54. The summed E-state index contributed by atoms with van der Waals surface area (Å²) < 4.78 is 5.02. The summed E-state index contributed by atoms with van der Waals surface area (Å²) in [5.41, 5.74) is 3.77. The van der Waals surface area contributed by atoms with Crippen LogP contribution in [-0.2, 0) is 20.8 Å². The van der Waals surface area contributed by atoms with Gasteiger partial charge in [0.2, 0.25) is 0 Å². The number of aryl methyl sites for hydroxylation is 1. The van der Waals surface area contributed by atoms with Gasteiger partial charge in [0.1, 0.15) is 5.69 Å². The van der Waals surface area contributed by atoms with Crippen molar-refractivity contribution in [1.29, 1.82) is 0 Å². The van der Waals surface area contributed by atoms with Crippen molar-refractivity contribution in [3.05, 3.63) is 22.5 Å². The van der Waals surface area contributed by atoms with Crippen molar-refractivity contribution in [2.75, 3.05) is 6.61 Å². The molecule has 6 heteroatoms. The summed E-state index contributed by atoms with van der Waals surface area (Å²) in [5, 5.41) is 3.90. The molecule has 0 bridgehead atoms. The van der Waals surface area contributed by atoms with E-state index in [1.165, 1.54) is 6.92 Å². The third-order valence-corrected chi connectivity index (χ3v) is 3.22. The number of rotatable bonds is 3. The fraction of sp³-hybridized carbons (Fsp3) is 0.500. The van der Waals surface area contributed by atoms with E-state index >= 15 is 0 Å². The number of carbonyl (C=O) groups is 2. The van der Waals surface area contributed by atoms with E-state index in [-0.39, 0.29) is 5.97 Å². The second kappa shape index (κ2) is 5.90. The Morgan fingerprint density at radius 3 is 2.75 bits per heavy atom. The highest BCUT2D eigenvalue weighted by molar-refractivity contribution is 6.06. The fourth-order valence-electron chi connectivity index (χ4n) is 2.41. The van der Waals surface area contributed by atoms with Gasteiger partial charge in [-0.15, -0.1) is 0 Å². The smallest absolute Gasteiger partial charge is 0.355 e. The number of esters is 1. The summed E-state index contributed by atoms with van der Waals surface area (Å²) in [5.74, 6) is -0.824. The minimum atomic E-state index is -0.455. The molecule has 1 aliphatic carbocycles. The number of hydrogen-bond donors (Lipinski definition) is 1. The van der Waals surface area contributed by atoms with Crippen LogP contribution in [0.2, 0.25) is 0 Å². The van der Waals surface area contributed by atoms with Crippen LogP contribution in [0.3, 0.4) is 0 Å². The molecule has 0 radical (unpaired) electrons. The highest BCUT2D eigenvalue weighted by atomic mass is 16.7. The molecular weight excluding hydrogens is 260 g/mol. The minimum absolute atomic E-state index is 0.330. The SMILES string of the molecule is CCOC(=O)c1[nH]c2c(c1C)/C(=N/OC(C)=O)CCC2. The summed E-state index contributed by atoms with van der Waals surface area (Å²) in [6, 6.07) is 0. The van der Waals surface area contributed by atoms with Crippen molar-refractivity contribution in [3.63, 3.8) is 0 Å². The average molecular weight is 278 g/mol. The molecule has 1 aromatic heterocycles. The molecule has 0 atom stereocenters. The molecule has 6 nitrogen and oxygen atoms in total. The lowest BCUT2D eigenvalue weighted by atomic mass is 9.93. The Labute approximate surface area is 117 Å². The van der Waals surface area contributed by atoms with E-state index in [1.54, 1.807) is 6.92 Å². The maximum atomic E-state index is 11.9. The van der Waals surface area contributed by atoms with Gasteiger partial charge in [-0.05, 0) is 38.7 Å². The molecule has 1 N–H and O–H groups in total. The summed E-state index contributed by atoms with van der Waals surface area (Å²) in [6.07, 6.45) is 2.46. The lowest BCUT2D eigenvalue weighted by Gasteiger charge is -2.13. The van der Waals surface area contributed by atoms with E-state index in [9.17, 15) is 9.59 Å². The van der Waals surface area contributed by atoms with Crippen molar-refractivity contribution in [1.82, 2.24) is 4.98 Å². The predicted octanol–water partition coefficient (Wildman–Crippen LogP) is 2.10. The van der Waals surface area contributed by atoms with Crippen LogP contribution >= 0.6 is 0 Å². The third-order valence-electron chi connectivity index (χ3n) is 3.22. The quantitative estimate of drug-likeness (QED) is 0.521. The van der Waals surface area contributed by atoms with Crippen LogP contribution in [0.5, 0.6) is 0 Å². The molecule has 0 saturated heterocycles. The minimum Gasteiger partial charge on any atom is -0.461 e.